The van der Waals surface area contributed by atoms with Gasteiger partial charge in [-0.3, -0.25) is 9.78 Å². The van der Waals surface area contributed by atoms with Crippen molar-refractivity contribution in [2.75, 3.05) is 19.3 Å². The molecule has 1 atom stereocenters. The Hall–Kier alpha value is -2.10. The van der Waals surface area contributed by atoms with Crippen LogP contribution in [0.5, 0.6) is 0 Å². The van der Waals surface area contributed by atoms with E-state index in [0.717, 1.165) is 6.26 Å². The van der Waals surface area contributed by atoms with Gasteiger partial charge in [0.25, 0.3) is 0 Å². The number of hydrogen-bond acceptors (Lipinski definition) is 6. The van der Waals surface area contributed by atoms with Gasteiger partial charge in [0.2, 0.25) is 10.0 Å². The lowest BCUT2D eigenvalue weighted by molar-refractivity contribution is 0.101. The Labute approximate surface area is 165 Å². The predicted octanol–water partition coefficient (Wildman–Crippen LogP) is 2.26. The molecule has 1 aromatic carbocycles. The van der Waals surface area contributed by atoms with E-state index in [1.54, 1.807) is 6.07 Å². The Morgan fingerprint density at radius 1 is 1.11 bits per heavy atom. The number of sulfone groups is 1. The normalized spacial score (nSPS) is 18.7. The summed E-state index contributed by atoms with van der Waals surface area (Å²) in [6, 6.07) is 8.92. The van der Waals surface area contributed by atoms with E-state index >= 15 is 0 Å². The first-order chi connectivity index (χ1) is 13.1. The number of carbonyl (C=O) groups is 1. The Morgan fingerprint density at radius 2 is 1.79 bits per heavy atom. The van der Waals surface area contributed by atoms with E-state index in [1.165, 1.54) is 47.8 Å². The lowest BCUT2D eigenvalue weighted by Crippen LogP contribution is -2.39. The number of sulfonamides is 1. The fourth-order valence-corrected chi connectivity index (χ4v) is 5.87. The monoisotopic (exact) mass is 422 g/mol. The zero-order chi connectivity index (χ0) is 20.5. The van der Waals surface area contributed by atoms with E-state index < -0.39 is 19.9 Å². The molecule has 1 unspecified atom stereocenters. The summed E-state index contributed by atoms with van der Waals surface area (Å²) in [5.41, 5.74) is 0.860. The summed E-state index contributed by atoms with van der Waals surface area (Å²) in [7, 11) is -7.21. The van der Waals surface area contributed by atoms with Gasteiger partial charge in [0.1, 0.15) is 0 Å². The molecule has 0 bridgehead atoms. The van der Waals surface area contributed by atoms with Crippen LogP contribution in [0.3, 0.4) is 0 Å². The van der Waals surface area contributed by atoms with Gasteiger partial charge in [-0.1, -0.05) is 12.1 Å². The highest BCUT2D eigenvalue weighted by atomic mass is 32.2. The molecule has 1 fully saturated rings. The largest absolute Gasteiger partial charge is 0.295 e. The fourth-order valence-electron chi connectivity index (χ4n) is 3.42. The van der Waals surface area contributed by atoms with Crippen molar-refractivity contribution in [3.05, 3.63) is 53.9 Å². The van der Waals surface area contributed by atoms with Crippen LogP contribution in [-0.2, 0) is 19.9 Å². The summed E-state index contributed by atoms with van der Waals surface area (Å²) >= 11 is 0. The molecule has 2 heterocycles. The van der Waals surface area contributed by atoms with Crippen LogP contribution in [0.2, 0.25) is 0 Å². The van der Waals surface area contributed by atoms with E-state index in [-0.39, 0.29) is 28.0 Å². The number of carbonyl (C=O) groups excluding carboxylic acids is 1. The molecule has 1 aliphatic heterocycles. The third-order valence-electron chi connectivity index (χ3n) is 4.87. The molecule has 28 heavy (non-hydrogen) atoms. The highest BCUT2D eigenvalue weighted by Gasteiger charge is 2.33. The molecule has 0 saturated carbocycles. The molecule has 3 rings (SSSR count). The minimum Gasteiger partial charge on any atom is -0.295 e. The molecule has 7 nitrogen and oxygen atoms in total. The predicted molar refractivity (Wildman–Crippen MR) is 105 cm³/mol. The van der Waals surface area contributed by atoms with Crippen molar-refractivity contribution in [3.8, 4) is 0 Å². The summed E-state index contributed by atoms with van der Waals surface area (Å²) in [5, 5.41) is 0. The van der Waals surface area contributed by atoms with Gasteiger partial charge in [-0.25, -0.2) is 16.8 Å². The molecule has 1 saturated heterocycles. The van der Waals surface area contributed by atoms with Gasteiger partial charge in [0, 0.05) is 37.0 Å². The van der Waals surface area contributed by atoms with E-state index in [4.69, 9.17) is 0 Å². The first-order valence-corrected chi connectivity index (χ1v) is 12.2. The molecule has 150 valence electrons. The van der Waals surface area contributed by atoms with Gasteiger partial charge >= 0.3 is 0 Å². The number of hydrogen-bond donors (Lipinski definition) is 0. The number of ketones is 1. The van der Waals surface area contributed by atoms with Crippen LogP contribution in [0.4, 0.5) is 0 Å². The molecule has 1 aliphatic rings. The molecule has 0 amide bonds. The van der Waals surface area contributed by atoms with Gasteiger partial charge in [-0.2, -0.15) is 4.31 Å². The maximum absolute atomic E-state index is 13.0. The second-order valence-corrected chi connectivity index (χ2v) is 10.9. The van der Waals surface area contributed by atoms with Gasteiger partial charge in [-0.15, -0.1) is 0 Å². The Balaban J connectivity index is 1.90. The smallest absolute Gasteiger partial charge is 0.243 e. The van der Waals surface area contributed by atoms with Crippen LogP contribution in [0, 0.1) is 0 Å². The highest BCUT2D eigenvalue weighted by molar-refractivity contribution is 7.90. The topological polar surface area (TPSA) is 101 Å². The highest BCUT2D eigenvalue weighted by Crippen LogP contribution is 2.32. The van der Waals surface area contributed by atoms with Crippen molar-refractivity contribution in [1.82, 2.24) is 9.29 Å². The molecule has 0 spiro atoms. The van der Waals surface area contributed by atoms with E-state index in [9.17, 15) is 21.6 Å². The minimum atomic E-state index is -3.75. The summed E-state index contributed by atoms with van der Waals surface area (Å²) in [5.74, 6) is -0.434. The third kappa shape index (κ3) is 4.16. The Morgan fingerprint density at radius 3 is 2.39 bits per heavy atom. The molecular formula is C19H22N2O5S2. The summed E-state index contributed by atoms with van der Waals surface area (Å²) in [4.78, 5) is 15.9. The van der Waals surface area contributed by atoms with E-state index in [2.05, 4.69) is 4.98 Å². The lowest BCUT2D eigenvalue weighted by Gasteiger charge is -2.32. The number of piperidine rings is 1. The average molecular weight is 423 g/mol. The van der Waals surface area contributed by atoms with Crippen LogP contribution in [0.15, 0.2) is 52.4 Å². The first-order valence-electron chi connectivity index (χ1n) is 8.87. The Bertz CT molecular complexity index is 1090. The zero-order valence-electron chi connectivity index (χ0n) is 15.7. The number of rotatable bonds is 5. The number of pyridine rings is 1. The number of benzene rings is 1. The number of aromatic nitrogens is 1. The quantitative estimate of drug-likeness (QED) is 0.685. The van der Waals surface area contributed by atoms with Crippen molar-refractivity contribution < 1.29 is 21.6 Å². The fraction of sp³-hybridized carbons (Fsp3) is 0.368. The van der Waals surface area contributed by atoms with Crippen LogP contribution in [0.1, 0.15) is 41.7 Å². The van der Waals surface area contributed by atoms with Crippen molar-refractivity contribution in [1.29, 1.82) is 0 Å². The van der Waals surface area contributed by atoms with E-state index in [1.807, 2.05) is 0 Å². The lowest BCUT2D eigenvalue weighted by atomic mass is 9.95. The molecule has 0 aliphatic carbocycles. The van der Waals surface area contributed by atoms with Crippen molar-refractivity contribution in [2.45, 2.75) is 35.5 Å². The van der Waals surface area contributed by atoms with Crippen molar-refractivity contribution in [3.63, 3.8) is 0 Å². The first kappa shape index (κ1) is 20.6. The standard InChI is InChI=1S/C19H22N2O5S2/c1-14(22)15-7-9-17(10-8-15)28(25,26)21-12-4-5-16(13-21)19-18(27(2,23)24)6-3-11-20-19/h3,6-11,16H,4-5,12-13H2,1-2H3. The maximum atomic E-state index is 13.0. The Kier molecular flexibility index (Phi) is 5.69. The van der Waals surface area contributed by atoms with Gasteiger partial charge in [0.15, 0.2) is 15.6 Å². The summed E-state index contributed by atoms with van der Waals surface area (Å²) in [6.07, 6.45) is 3.92. The molecular weight excluding hydrogens is 400 g/mol. The zero-order valence-corrected chi connectivity index (χ0v) is 17.3. The molecule has 9 heteroatoms. The summed E-state index contributed by atoms with van der Waals surface area (Å²) in [6.45, 7) is 1.94. The number of Topliss-reactive ketones (excluding diaryl/α,β-unsaturated/α-hetero) is 1. The number of nitrogens with zero attached hydrogens (tertiary/aromatic N) is 2. The van der Waals surface area contributed by atoms with Gasteiger partial charge < -0.3 is 0 Å². The SMILES string of the molecule is CC(=O)c1ccc(S(=O)(=O)N2CCCC(c3ncccc3S(C)(=O)=O)C2)cc1. The molecule has 2 aromatic rings. The van der Waals surface area contributed by atoms with Crippen LogP contribution >= 0.6 is 0 Å². The van der Waals surface area contributed by atoms with Gasteiger partial charge in [-0.05, 0) is 44.0 Å². The maximum Gasteiger partial charge on any atom is 0.243 e. The van der Waals surface area contributed by atoms with Gasteiger partial charge in [0.05, 0.1) is 15.5 Å². The minimum absolute atomic E-state index is 0.113. The second-order valence-electron chi connectivity index (χ2n) is 6.94. The van der Waals surface area contributed by atoms with Crippen molar-refractivity contribution >= 4 is 25.6 Å². The molecule has 1 aromatic heterocycles. The van der Waals surface area contributed by atoms with Crippen LogP contribution in [0.25, 0.3) is 0 Å². The van der Waals surface area contributed by atoms with Crippen LogP contribution < -0.4 is 0 Å². The summed E-state index contributed by atoms with van der Waals surface area (Å²) < 4.78 is 51.6. The van der Waals surface area contributed by atoms with Crippen molar-refractivity contribution in [2.24, 2.45) is 0 Å². The average Bonchev–Trinajstić information content (AvgIpc) is 2.67. The molecule has 0 N–H and O–H groups in total. The van der Waals surface area contributed by atoms with E-state index in [0.29, 0.717) is 30.6 Å². The second kappa shape index (κ2) is 7.73. The van der Waals surface area contributed by atoms with Crippen LogP contribution in [-0.4, -0.2) is 51.3 Å². The third-order valence-corrected chi connectivity index (χ3v) is 7.89. The molecule has 0 radical (unpaired) electrons.